The van der Waals surface area contributed by atoms with Crippen LogP contribution in [-0.2, 0) is 4.79 Å². The van der Waals surface area contributed by atoms with Gasteiger partial charge in [0.1, 0.15) is 0 Å². The molecule has 0 spiro atoms. The van der Waals surface area contributed by atoms with Crippen molar-refractivity contribution in [1.29, 1.82) is 0 Å². The standard InChI is InChI=1S/C11H19NO2/c1-11(2)6-5-9(13)7-12(11)10(14)8-3-4-8/h8-9,13H,3-7H2,1-2H3. The molecule has 1 unspecified atom stereocenters. The Balaban J connectivity index is 2.08. The Kier molecular flexibility index (Phi) is 2.30. The predicted octanol–water partition coefficient (Wildman–Crippen LogP) is 1.16. The Labute approximate surface area is 85.1 Å². The van der Waals surface area contributed by atoms with Crippen molar-refractivity contribution in [3.8, 4) is 0 Å². The van der Waals surface area contributed by atoms with E-state index >= 15 is 0 Å². The molecule has 1 aliphatic heterocycles. The molecular formula is C11H19NO2. The molecule has 1 amide bonds. The molecule has 0 aromatic heterocycles. The first-order valence-corrected chi connectivity index (χ1v) is 5.50. The van der Waals surface area contributed by atoms with Gasteiger partial charge in [0.2, 0.25) is 5.91 Å². The maximum Gasteiger partial charge on any atom is 0.226 e. The van der Waals surface area contributed by atoms with Crippen molar-refractivity contribution < 1.29 is 9.90 Å². The van der Waals surface area contributed by atoms with Gasteiger partial charge in [0.15, 0.2) is 0 Å². The summed E-state index contributed by atoms with van der Waals surface area (Å²) < 4.78 is 0. The lowest BCUT2D eigenvalue weighted by atomic mass is 9.88. The quantitative estimate of drug-likeness (QED) is 0.685. The van der Waals surface area contributed by atoms with Gasteiger partial charge in [-0.2, -0.15) is 0 Å². The highest BCUT2D eigenvalue weighted by Gasteiger charge is 2.42. The van der Waals surface area contributed by atoms with Gasteiger partial charge in [0, 0.05) is 18.0 Å². The normalized spacial score (nSPS) is 31.6. The zero-order valence-electron chi connectivity index (χ0n) is 8.99. The Morgan fingerprint density at radius 1 is 1.36 bits per heavy atom. The highest BCUT2D eigenvalue weighted by Crippen LogP contribution is 2.36. The van der Waals surface area contributed by atoms with Crippen LogP contribution >= 0.6 is 0 Å². The van der Waals surface area contributed by atoms with E-state index in [0.29, 0.717) is 6.54 Å². The zero-order valence-corrected chi connectivity index (χ0v) is 8.99. The fraction of sp³-hybridized carbons (Fsp3) is 0.909. The van der Waals surface area contributed by atoms with Crippen molar-refractivity contribution in [3.63, 3.8) is 0 Å². The Hall–Kier alpha value is -0.570. The van der Waals surface area contributed by atoms with Crippen LogP contribution in [0.25, 0.3) is 0 Å². The minimum atomic E-state index is -0.314. The van der Waals surface area contributed by atoms with E-state index in [1.54, 1.807) is 0 Å². The maximum absolute atomic E-state index is 11.9. The van der Waals surface area contributed by atoms with E-state index in [9.17, 15) is 9.90 Å². The first-order chi connectivity index (χ1) is 6.50. The summed E-state index contributed by atoms with van der Waals surface area (Å²) in [5.41, 5.74) is -0.0566. The summed E-state index contributed by atoms with van der Waals surface area (Å²) in [5, 5.41) is 9.57. The lowest BCUT2D eigenvalue weighted by molar-refractivity contribution is -0.143. The summed E-state index contributed by atoms with van der Waals surface area (Å²) in [6, 6.07) is 0. The Bertz CT molecular complexity index is 246. The van der Waals surface area contributed by atoms with Crippen molar-refractivity contribution in [3.05, 3.63) is 0 Å². The second-order valence-corrected chi connectivity index (χ2v) is 5.23. The topological polar surface area (TPSA) is 40.5 Å². The monoisotopic (exact) mass is 197 g/mol. The van der Waals surface area contributed by atoms with Gasteiger partial charge in [-0.1, -0.05) is 0 Å². The maximum atomic E-state index is 11.9. The van der Waals surface area contributed by atoms with Crippen molar-refractivity contribution in [1.82, 2.24) is 4.90 Å². The van der Waals surface area contributed by atoms with Crippen molar-refractivity contribution in [2.45, 2.75) is 51.2 Å². The second-order valence-electron chi connectivity index (χ2n) is 5.23. The molecule has 1 saturated carbocycles. The molecule has 2 rings (SSSR count). The fourth-order valence-corrected chi connectivity index (χ4v) is 2.14. The predicted molar refractivity (Wildman–Crippen MR) is 53.8 cm³/mol. The van der Waals surface area contributed by atoms with Gasteiger partial charge in [0.25, 0.3) is 0 Å². The fourth-order valence-electron chi connectivity index (χ4n) is 2.14. The largest absolute Gasteiger partial charge is 0.391 e. The average Bonchev–Trinajstić information content (AvgIpc) is 2.91. The molecule has 14 heavy (non-hydrogen) atoms. The average molecular weight is 197 g/mol. The molecule has 0 aromatic carbocycles. The van der Waals surface area contributed by atoms with E-state index in [1.807, 2.05) is 4.90 Å². The molecule has 3 heteroatoms. The van der Waals surface area contributed by atoms with E-state index in [4.69, 9.17) is 0 Å². The molecule has 1 aliphatic carbocycles. The van der Waals surface area contributed by atoms with Gasteiger partial charge in [-0.15, -0.1) is 0 Å². The number of aliphatic hydroxyl groups excluding tert-OH is 1. The first-order valence-electron chi connectivity index (χ1n) is 5.50. The number of hydrogen-bond donors (Lipinski definition) is 1. The molecule has 1 atom stereocenters. The van der Waals surface area contributed by atoms with Crippen molar-refractivity contribution >= 4 is 5.91 Å². The summed E-state index contributed by atoms with van der Waals surface area (Å²) in [5.74, 6) is 0.522. The van der Waals surface area contributed by atoms with E-state index in [0.717, 1.165) is 25.7 Å². The lowest BCUT2D eigenvalue weighted by Crippen LogP contribution is -2.55. The molecule has 2 fully saturated rings. The molecule has 0 aromatic rings. The molecule has 3 nitrogen and oxygen atoms in total. The van der Waals surface area contributed by atoms with E-state index in [2.05, 4.69) is 13.8 Å². The number of carbonyl (C=O) groups is 1. The number of carbonyl (C=O) groups excluding carboxylic acids is 1. The SMILES string of the molecule is CC1(C)CCC(O)CN1C(=O)C1CC1. The van der Waals surface area contributed by atoms with Crippen molar-refractivity contribution in [2.75, 3.05) is 6.54 Å². The second kappa shape index (κ2) is 3.23. The molecule has 1 N–H and O–H groups in total. The molecule has 0 radical (unpaired) electrons. The number of rotatable bonds is 1. The molecule has 1 saturated heterocycles. The van der Waals surface area contributed by atoms with Crippen LogP contribution in [0.4, 0.5) is 0 Å². The summed E-state index contributed by atoms with van der Waals surface area (Å²) in [6.07, 6.45) is 3.50. The van der Waals surface area contributed by atoms with Crippen LogP contribution in [-0.4, -0.2) is 34.1 Å². The van der Waals surface area contributed by atoms with Crippen LogP contribution in [0.15, 0.2) is 0 Å². The van der Waals surface area contributed by atoms with Crippen LogP contribution < -0.4 is 0 Å². The molecule has 2 aliphatic rings. The molecule has 0 bridgehead atoms. The third-order valence-corrected chi connectivity index (χ3v) is 3.41. The Morgan fingerprint density at radius 2 is 2.00 bits per heavy atom. The van der Waals surface area contributed by atoms with Crippen LogP contribution in [0.3, 0.4) is 0 Å². The summed E-state index contributed by atoms with van der Waals surface area (Å²) in [6.45, 7) is 4.72. The highest BCUT2D eigenvalue weighted by molar-refractivity contribution is 5.81. The summed E-state index contributed by atoms with van der Waals surface area (Å²) in [7, 11) is 0. The van der Waals surface area contributed by atoms with Gasteiger partial charge < -0.3 is 10.0 Å². The minimum absolute atomic E-state index is 0.0566. The van der Waals surface area contributed by atoms with E-state index in [1.165, 1.54) is 0 Å². The van der Waals surface area contributed by atoms with Gasteiger partial charge in [-0.25, -0.2) is 0 Å². The van der Waals surface area contributed by atoms with E-state index in [-0.39, 0.29) is 23.5 Å². The zero-order chi connectivity index (χ0) is 10.3. The number of hydrogen-bond acceptors (Lipinski definition) is 2. The molecule has 80 valence electrons. The summed E-state index contributed by atoms with van der Waals surface area (Å²) in [4.78, 5) is 13.8. The molecular weight excluding hydrogens is 178 g/mol. The van der Waals surface area contributed by atoms with Crippen LogP contribution in [0.1, 0.15) is 39.5 Å². The molecule has 1 heterocycles. The Morgan fingerprint density at radius 3 is 2.57 bits per heavy atom. The third-order valence-electron chi connectivity index (χ3n) is 3.41. The van der Waals surface area contributed by atoms with Gasteiger partial charge in [-0.05, 0) is 39.5 Å². The van der Waals surface area contributed by atoms with Crippen LogP contribution in [0.5, 0.6) is 0 Å². The van der Waals surface area contributed by atoms with Gasteiger partial charge in [0.05, 0.1) is 6.10 Å². The van der Waals surface area contributed by atoms with Gasteiger partial charge in [-0.3, -0.25) is 4.79 Å². The van der Waals surface area contributed by atoms with Crippen LogP contribution in [0.2, 0.25) is 0 Å². The number of β-amino-alcohol motifs (C(OH)–C–C–N with tert-alkyl or cyclic N) is 1. The van der Waals surface area contributed by atoms with Gasteiger partial charge >= 0.3 is 0 Å². The van der Waals surface area contributed by atoms with Crippen LogP contribution in [0, 0.1) is 5.92 Å². The van der Waals surface area contributed by atoms with E-state index < -0.39 is 0 Å². The number of aliphatic hydroxyl groups is 1. The third kappa shape index (κ3) is 1.78. The summed E-state index contributed by atoms with van der Waals surface area (Å²) >= 11 is 0. The number of likely N-dealkylation sites (tertiary alicyclic amines) is 1. The first kappa shape index (κ1) is 9.97. The lowest BCUT2D eigenvalue weighted by Gasteiger charge is -2.44. The minimum Gasteiger partial charge on any atom is -0.391 e. The highest BCUT2D eigenvalue weighted by atomic mass is 16.3. The van der Waals surface area contributed by atoms with Crippen molar-refractivity contribution in [2.24, 2.45) is 5.92 Å². The smallest absolute Gasteiger partial charge is 0.226 e. The number of amides is 1. The number of piperidine rings is 1. The number of nitrogens with zero attached hydrogens (tertiary/aromatic N) is 1.